The average molecular weight is 694 g/mol. The Morgan fingerprint density at radius 1 is 0.396 bits per heavy atom. The molecule has 0 fully saturated rings. The molecule has 0 radical (unpaired) electrons. The number of benzene rings is 9. The van der Waals surface area contributed by atoms with E-state index in [2.05, 4.69) is 187 Å². The van der Waals surface area contributed by atoms with Gasteiger partial charge in [-0.3, -0.25) is 0 Å². The van der Waals surface area contributed by atoms with Crippen molar-refractivity contribution in [1.82, 2.24) is 0 Å². The first-order valence-electron chi connectivity index (χ1n) is 18.0. The predicted molar refractivity (Wildman–Crippen MR) is 227 cm³/mol. The zero-order valence-electron chi connectivity index (χ0n) is 28.7. The fraction of sp³-hybridized carbons (Fsp3) is 0. The van der Waals surface area contributed by atoms with E-state index in [1.807, 2.05) is 17.4 Å². The molecule has 2 aromatic heterocycles. The van der Waals surface area contributed by atoms with Crippen LogP contribution in [0.1, 0.15) is 0 Å². The van der Waals surface area contributed by atoms with Crippen LogP contribution in [-0.2, 0) is 0 Å². The van der Waals surface area contributed by atoms with Crippen LogP contribution in [0.15, 0.2) is 192 Å². The molecule has 0 atom stereocenters. The van der Waals surface area contributed by atoms with Crippen LogP contribution in [0.3, 0.4) is 0 Å². The average Bonchev–Trinajstić information content (AvgIpc) is 3.81. The summed E-state index contributed by atoms with van der Waals surface area (Å²) in [5.41, 5.74) is 9.76. The highest BCUT2D eigenvalue weighted by Gasteiger charge is 2.20. The molecule has 0 saturated carbocycles. The lowest BCUT2D eigenvalue weighted by molar-refractivity contribution is 0.669. The van der Waals surface area contributed by atoms with Crippen LogP contribution in [0.25, 0.3) is 85.9 Å². The Morgan fingerprint density at radius 2 is 0.962 bits per heavy atom. The third kappa shape index (κ3) is 4.78. The van der Waals surface area contributed by atoms with Crippen LogP contribution >= 0.6 is 11.3 Å². The minimum atomic E-state index is 0.873. The molecule has 0 aliphatic rings. The Bertz CT molecular complexity index is 3160. The first-order valence-corrected chi connectivity index (χ1v) is 18.8. The lowest BCUT2D eigenvalue weighted by atomic mass is 9.98. The van der Waals surface area contributed by atoms with Crippen LogP contribution in [-0.4, -0.2) is 0 Å². The molecule has 0 unspecified atom stereocenters. The summed E-state index contributed by atoms with van der Waals surface area (Å²) in [6.07, 6.45) is 0. The van der Waals surface area contributed by atoms with Gasteiger partial charge in [0.15, 0.2) is 5.58 Å². The molecule has 0 N–H and O–H groups in total. The number of para-hydroxylation sites is 2. The van der Waals surface area contributed by atoms with Gasteiger partial charge < -0.3 is 9.32 Å². The van der Waals surface area contributed by atoms with E-state index in [1.54, 1.807) is 0 Å². The number of thiophene rings is 1. The van der Waals surface area contributed by atoms with E-state index in [1.165, 1.54) is 64.0 Å². The van der Waals surface area contributed by atoms with Gasteiger partial charge in [-0.2, -0.15) is 0 Å². The zero-order chi connectivity index (χ0) is 34.9. The summed E-state index contributed by atoms with van der Waals surface area (Å²) in [5.74, 6) is 0. The van der Waals surface area contributed by atoms with Gasteiger partial charge in [0.25, 0.3) is 0 Å². The molecule has 0 saturated heterocycles. The largest absolute Gasteiger partial charge is 0.454 e. The van der Waals surface area contributed by atoms with E-state index in [0.717, 1.165) is 39.0 Å². The smallest absolute Gasteiger partial charge is 0.159 e. The second-order valence-corrected chi connectivity index (χ2v) is 14.7. The fourth-order valence-electron chi connectivity index (χ4n) is 8.19. The molecule has 2 nitrogen and oxygen atoms in total. The molecule has 0 spiro atoms. The van der Waals surface area contributed by atoms with Gasteiger partial charge in [0.1, 0.15) is 5.58 Å². The third-order valence-electron chi connectivity index (χ3n) is 10.7. The zero-order valence-corrected chi connectivity index (χ0v) is 29.5. The molecule has 0 aliphatic carbocycles. The van der Waals surface area contributed by atoms with E-state index < -0.39 is 0 Å². The summed E-state index contributed by atoms with van der Waals surface area (Å²) >= 11 is 1.88. The lowest BCUT2D eigenvalue weighted by Gasteiger charge is -2.26. The van der Waals surface area contributed by atoms with Crippen molar-refractivity contribution in [2.75, 3.05) is 4.90 Å². The van der Waals surface area contributed by atoms with Gasteiger partial charge in [0.05, 0.1) is 5.69 Å². The molecule has 3 heteroatoms. The van der Waals surface area contributed by atoms with Crippen molar-refractivity contribution in [1.29, 1.82) is 0 Å². The minimum Gasteiger partial charge on any atom is -0.454 e. The van der Waals surface area contributed by atoms with E-state index in [0.29, 0.717) is 0 Å². The summed E-state index contributed by atoms with van der Waals surface area (Å²) in [4.78, 5) is 2.33. The number of furan rings is 1. The molecule has 2 heterocycles. The van der Waals surface area contributed by atoms with Crippen molar-refractivity contribution in [2.24, 2.45) is 0 Å². The molecule has 9 aromatic carbocycles. The number of fused-ring (bicyclic) bond motifs is 9. The maximum Gasteiger partial charge on any atom is 0.159 e. The normalized spacial score (nSPS) is 11.8. The van der Waals surface area contributed by atoms with Crippen molar-refractivity contribution in [3.05, 3.63) is 188 Å². The second kappa shape index (κ2) is 11.9. The van der Waals surface area contributed by atoms with Crippen LogP contribution < -0.4 is 4.90 Å². The molecule has 248 valence electrons. The van der Waals surface area contributed by atoms with Crippen LogP contribution in [0.2, 0.25) is 0 Å². The Balaban J connectivity index is 1.06. The van der Waals surface area contributed by atoms with Gasteiger partial charge in [0.2, 0.25) is 0 Å². The Hall–Kier alpha value is -6.68. The summed E-state index contributed by atoms with van der Waals surface area (Å²) in [5, 5.41) is 9.97. The molecule has 0 amide bonds. The van der Waals surface area contributed by atoms with Gasteiger partial charge in [-0.05, 0) is 86.3 Å². The molecule has 0 bridgehead atoms. The highest BCUT2D eigenvalue weighted by molar-refractivity contribution is 7.26. The lowest BCUT2D eigenvalue weighted by Crippen LogP contribution is -2.10. The van der Waals surface area contributed by atoms with Gasteiger partial charge >= 0.3 is 0 Å². The number of hydrogen-bond acceptors (Lipinski definition) is 3. The fourth-order valence-corrected chi connectivity index (χ4v) is 9.44. The van der Waals surface area contributed by atoms with Crippen LogP contribution in [0.4, 0.5) is 17.1 Å². The van der Waals surface area contributed by atoms with Gasteiger partial charge in [-0.15, -0.1) is 11.3 Å². The molecular formula is C50H31NOS. The molecular weight excluding hydrogens is 663 g/mol. The van der Waals surface area contributed by atoms with Gasteiger partial charge in [-0.1, -0.05) is 146 Å². The number of anilines is 3. The summed E-state index contributed by atoms with van der Waals surface area (Å²) < 4.78 is 9.25. The molecule has 11 rings (SSSR count). The monoisotopic (exact) mass is 693 g/mol. The highest BCUT2D eigenvalue weighted by Crippen LogP contribution is 2.45. The van der Waals surface area contributed by atoms with Crippen molar-refractivity contribution in [3.63, 3.8) is 0 Å². The standard InChI is InChI=1S/C50H31NOS/c1-3-13-38-32(10-1)12-7-16-39(38)34-22-27-36(28-23-34)51(45-20-9-18-43-42-15-5-6-21-46(42)52-49(43)45)37-29-24-35(25-30-37)41-17-8-19-44-48-40-14-4-2-11-33(40)26-31-47(48)53-50(41)44/h1-31H. The molecule has 11 aromatic rings. The van der Waals surface area contributed by atoms with Crippen molar-refractivity contribution in [2.45, 2.75) is 0 Å². The van der Waals surface area contributed by atoms with Gasteiger partial charge in [0, 0.05) is 42.3 Å². The van der Waals surface area contributed by atoms with Crippen molar-refractivity contribution < 1.29 is 4.42 Å². The summed E-state index contributed by atoms with van der Waals surface area (Å²) in [7, 11) is 0. The van der Waals surface area contributed by atoms with Crippen LogP contribution in [0, 0.1) is 0 Å². The van der Waals surface area contributed by atoms with E-state index >= 15 is 0 Å². The number of nitrogens with zero attached hydrogens (tertiary/aromatic N) is 1. The third-order valence-corrected chi connectivity index (χ3v) is 11.9. The highest BCUT2D eigenvalue weighted by atomic mass is 32.1. The van der Waals surface area contributed by atoms with Crippen LogP contribution in [0.5, 0.6) is 0 Å². The van der Waals surface area contributed by atoms with Gasteiger partial charge in [-0.25, -0.2) is 0 Å². The molecule has 0 aliphatic heterocycles. The van der Waals surface area contributed by atoms with E-state index in [9.17, 15) is 0 Å². The number of hydrogen-bond donors (Lipinski definition) is 0. The SMILES string of the molecule is c1ccc2c(-c3ccc(N(c4ccc(-c5cccc6c5sc5ccc7ccccc7c56)cc4)c4cccc5c4oc4ccccc45)cc3)cccc2c1. The Labute approximate surface area is 310 Å². The first kappa shape index (κ1) is 30.0. The Morgan fingerprint density at radius 3 is 1.75 bits per heavy atom. The quantitative estimate of drug-likeness (QED) is 0.178. The van der Waals surface area contributed by atoms with E-state index in [-0.39, 0.29) is 0 Å². The Kier molecular flexibility index (Phi) is 6.76. The minimum absolute atomic E-state index is 0.873. The predicted octanol–water partition coefficient (Wildman–Crippen LogP) is 15.1. The summed E-state index contributed by atoms with van der Waals surface area (Å²) in [6.45, 7) is 0. The maximum absolute atomic E-state index is 6.61. The number of rotatable bonds is 5. The second-order valence-electron chi connectivity index (χ2n) is 13.7. The maximum atomic E-state index is 6.61. The van der Waals surface area contributed by atoms with Crippen molar-refractivity contribution >= 4 is 92.1 Å². The topological polar surface area (TPSA) is 16.4 Å². The van der Waals surface area contributed by atoms with E-state index in [4.69, 9.17) is 4.42 Å². The molecule has 53 heavy (non-hydrogen) atoms. The first-order chi connectivity index (χ1) is 26.3. The van der Waals surface area contributed by atoms with Crippen molar-refractivity contribution in [3.8, 4) is 22.3 Å². The summed E-state index contributed by atoms with van der Waals surface area (Å²) in [6, 6.07) is 67.8.